The minimum atomic E-state index is -0.852. The van der Waals surface area contributed by atoms with Crippen molar-refractivity contribution in [2.75, 3.05) is 0 Å². The molecule has 140 valence electrons. The van der Waals surface area contributed by atoms with Gasteiger partial charge < -0.3 is 9.84 Å². The maximum absolute atomic E-state index is 11.1. The molecule has 0 aliphatic rings. The predicted molar refractivity (Wildman–Crippen MR) is 105 cm³/mol. The van der Waals surface area contributed by atoms with Gasteiger partial charge in [-0.05, 0) is 29.2 Å². The van der Waals surface area contributed by atoms with Crippen LogP contribution in [0.3, 0.4) is 0 Å². The number of aromatic nitrogens is 2. The molecule has 27 heavy (non-hydrogen) atoms. The number of ether oxygens (including phenoxy) is 1. The van der Waals surface area contributed by atoms with Crippen molar-refractivity contribution in [1.29, 1.82) is 0 Å². The smallest absolute Gasteiger partial charge is 0.307 e. The molecule has 3 rings (SSSR count). The first-order valence-electron chi connectivity index (χ1n) is 9.05. The topological polar surface area (TPSA) is 64.4 Å². The zero-order chi connectivity index (χ0) is 19.2. The third kappa shape index (κ3) is 5.20. The lowest BCUT2D eigenvalue weighted by molar-refractivity contribution is -0.136. The highest BCUT2D eigenvalue weighted by molar-refractivity contribution is 5.74. The minimum absolute atomic E-state index is 0.0217. The summed E-state index contributed by atoms with van der Waals surface area (Å²) in [6.07, 6.45) is 3.76. The quantitative estimate of drug-likeness (QED) is 0.643. The van der Waals surface area contributed by atoms with Crippen LogP contribution < -0.4 is 4.74 Å². The predicted octanol–water partition coefficient (Wildman–Crippen LogP) is 4.41. The zero-order valence-corrected chi connectivity index (χ0v) is 15.6. The lowest BCUT2D eigenvalue weighted by atomic mass is 10.0. The SMILES string of the molecule is CC(C)Cn1cc(-c2cc(CC(=O)O)ccc2OCc2ccccc2)cn1. The molecule has 0 fully saturated rings. The molecule has 1 N–H and O–H groups in total. The highest BCUT2D eigenvalue weighted by Gasteiger charge is 2.12. The lowest BCUT2D eigenvalue weighted by Crippen LogP contribution is -2.04. The summed E-state index contributed by atoms with van der Waals surface area (Å²) in [6, 6.07) is 15.5. The van der Waals surface area contributed by atoms with Gasteiger partial charge in [-0.3, -0.25) is 9.48 Å². The van der Waals surface area contributed by atoms with Crippen molar-refractivity contribution in [2.24, 2.45) is 5.92 Å². The summed E-state index contributed by atoms with van der Waals surface area (Å²) in [4.78, 5) is 11.1. The summed E-state index contributed by atoms with van der Waals surface area (Å²) >= 11 is 0. The van der Waals surface area contributed by atoms with Crippen molar-refractivity contribution in [2.45, 2.75) is 33.4 Å². The van der Waals surface area contributed by atoms with Crippen molar-refractivity contribution in [1.82, 2.24) is 9.78 Å². The second kappa shape index (κ2) is 8.54. The van der Waals surface area contributed by atoms with Crippen LogP contribution in [0.4, 0.5) is 0 Å². The highest BCUT2D eigenvalue weighted by atomic mass is 16.5. The molecule has 0 aliphatic carbocycles. The van der Waals surface area contributed by atoms with Gasteiger partial charge in [-0.2, -0.15) is 5.10 Å². The van der Waals surface area contributed by atoms with E-state index in [1.165, 1.54) is 0 Å². The van der Waals surface area contributed by atoms with Gasteiger partial charge in [0.2, 0.25) is 0 Å². The van der Waals surface area contributed by atoms with Crippen LogP contribution in [0.5, 0.6) is 5.75 Å². The minimum Gasteiger partial charge on any atom is -0.488 e. The number of nitrogens with zero attached hydrogens (tertiary/aromatic N) is 2. The third-order valence-corrected chi connectivity index (χ3v) is 4.13. The zero-order valence-electron chi connectivity index (χ0n) is 15.6. The molecule has 0 saturated heterocycles. The molecular formula is C22H24N2O3. The van der Waals surface area contributed by atoms with E-state index in [9.17, 15) is 4.79 Å². The van der Waals surface area contributed by atoms with Crippen molar-refractivity contribution < 1.29 is 14.6 Å². The first-order valence-corrected chi connectivity index (χ1v) is 9.05. The van der Waals surface area contributed by atoms with Crippen molar-refractivity contribution >= 4 is 5.97 Å². The van der Waals surface area contributed by atoms with Gasteiger partial charge in [0.05, 0.1) is 12.6 Å². The summed E-state index contributed by atoms with van der Waals surface area (Å²) in [7, 11) is 0. The Hall–Kier alpha value is -3.08. The fourth-order valence-corrected chi connectivity index (χ4v) is 2.93. The highest BCUT2D eigenvalue weighted by Crippen LogP contribution is 2.32. The molecule has 0 amide bonds. The maximum atomic E-state index is 11.1. The summed E-state index contributed by atoms with van der Waals surface area (Å²) in [5.74, 6) is 0.358. The van der Waals surface area contributed by atoms with E-state index in [1.807, 2.05) is 53.3 Å². The molecule has 0 atom stereocenters. The third-order valence-electron chi connectivity index (χ3n) is 4.13. The molecule has 0 bridgehead atoms. The Morgan fingerprint density at radius 2 is 1.93 bits per heavy atom. The van der Waals surface area contributed by atoms with E-state index >= 15 is 0 Å². The molecule has 0 aliphatic heterocycles. The molecule has 1 aromatic heterocycles. The van der Waals surface area contributed by atoms with Crippen LogP contribution in [0, 0.1) is 5.92 Å². The average Bonchev–Trinajstić information content (AvgIpc) is 3.08. The Balaban J connectivity index is 1.89. The molecule has 3 aromatic rings. The van der Waals surface area contributed by atoms with Crippen LogP contribution in [0.15, 0.2) is 60.9 Å². The Morgan fingerprint density at radius 3 is 2.63 bits per heavy atom. The number of benzene rings is 2. The van der Waals surface area contributed by atoms with Crippen molar-refractivity contribution in [3.05, 3.63) is 72.1 Å². The Kier molecular flexibility index (Phi) is 5.91. The molecule has 2 aromatic carbocycles. The molecule has 5 nitrogen and oxygen atoms in total. The summed E-state index contributed by atoms with van der Waals surface area (Å²) in [5.41, 5.74) is 3.60. The summed E-state index contributed by atoms with van der Waals surface area (Å²) < 4.78 is 7.95. The normalized spacial score (nSPS) is 10.9. The fraction of sp³-hybridized carbons (Fsp3) is 0.273. The van der Waals surface area contributed by atoms with Crippen LogP contribution in [0.25, 0.3) is 11.1 Å². The molecule has 1 heterocycles. The molecule has 0 spiro atoms. The van der Waals surface area contributed by atoms with E-state index in [4.69, 9.17) is 9.84 Å². The number of aliphatic carboxylic acids is 1. The fourth-order valence-electron chi connectivity index (χ4n) is 2.93. The number of carboxylic acids is 1. The van der Waals surface area contributed by atoms with Gasteiger partial charge in [-0.1, -0.05) is 50.2 Å². The van der Waals surface area contributed by atoms with E-state index < -0.39 is 5.97 Å². The van der Waals surface area contributed by atoms with E-state index in [2.05, 4.69) is 18.9 Å². The van der Waals surface area contributed by atoms with E-state index in [0.717, 1.165) is 34.5 Å². The van der Waals surface area contributed by atoms with Crippen LogP contribution in [0.2, 0.25) is 0 Å². The van der Waals surface area contributed by atoms with Crippen LogP contribution >= 0.6 is 0 Å². The Bertz CT molecular complexity index is 901. The maximum Gasteiger partial charge on any atom is 0.307 e. The van der Waals surface area contributed by atoms with Crippen molar-refractivity contribution in [3.63, 3.8) is 0 Å². The average molecular weight is 364 g/mol. The van der Waals surface area contributed by atoms with E-state index in [-0.39, 0.29) is 6.42 Å². The van der Waals surface area contributed by atoms with Gasteiger partial charge in [0.15, 0.2) is 0 Å². The number of rotatable bonds is 8. The molecule has 0 radical (unpaired) electrons. The van der Waals surface area contributed by atoms with Gasteiger partial charge >= 0.3 is 5.97 Å². The lowest BCUT2D eigenvalue weighted by Gasteiger charge is -2.12. The monoisotopic (exact) mass is 364 g/mol. The second-order valence-corrected chi connectivity index (χ2v) is 7.02. The van der Waals surface area contributed by atoms with E-state index in [0.29, 0.717) is 12.5 Å². The first-order chi connectivity index (χ1) is 13.0. The van der Waals surface area contributed by atoms with Gasteiger partial charge in [0, 0.05) is 23.9 Å². The van der Waals surface area contributed by atoms with E-state index in [1.54, 1.807) is 12.3 Å². The van der Waals surface area contributed by atoms with Crippen molar-refractivity contribution in [3.8, 4) is 16.9 Å². The number of carboxylic acid groups (broad SMARTS) is 1. The van der Waals surface area contributed by atoms with Gasteiger partial charge in [0.25, 0.3) is 0 Å². The Morgan fingerprint density at radius 1 is 1.15 bits per heavy atom. The largest absolute Gasteiger partial charge is 0.488 e. The van der Waals surface area contributed by atoms with Crippen LogP contribution in [-0.2, 0) is 24.4 Å². The molecule has 0 saturated carbocycles. The van der Waals surface area contributed by atoms with Crippen LogP contribution in [-0.4, -0.2) is 20.9 Å². The molecular weight excluding hydrogens is 340 g/mol. The molecule has 0 unspecified atom stereocenters. The molecule has 5 heteroatoms. The number of carbonyl (C=O) groups is 1. The van der Waals surface area contributed by atoms with Gasteiger partial charge in [-0.25, -0.2) is 0 Å². The second-order valence-electron chi connectivity index (χ2n) is 7.02. The Labute approximate surface area is 159 Å². The van der Waals surface area contributed by atoms with Crippen LogP contribution in [0.1, 0.15) is 25.0 Å². The standard InChI is InChI=1S/C22H24N2O3/c1-16(2)13-24-14-19(12-23-24)20-10-18(11-22(25)26)8-9-21(20)27-15-17-6-4-3-5-7-17/h3-10,12,14,16H,11,13,15H2,1-2H3,(H,25,26). The first kappa shape index (κ1) is 18.7. The van der Waals surface area contributed by atoms with Gasteiger partial charge in [0.1, 0.15) is 12.4 Å². The summed E-state index contributed by atoms with van der Waals surface area (Å²) in [5, 5.41) is 13.5. The number of hydrogen-bond acceptors (Lipinski definition) is 3. The number of hydrogen-bond donors (Lipinski definition) is 1. The summed E-state index contributed by atoms with van der Waals surface area (Å²) in [6.45, 7) is 5.56. The van der Waals surface area contributed by atoms with Gasteiger partial charge in [-0.15, -0.1) is 0 Å².